The Morgan fingerprint density at radius 3 is 2.85 bits per heavy atom. The van der Waals surface area contributed by atoms with Crippen molar-refractivity contribution in [3.05, 3.63) is 23.4 Å². The zero-order valence-corrected chi connectivity index (χ0v) is 7.50. The number of pyridine rings is 1. The lowest BCUT2D eigenvalue weighted by Crippen LogP contribution is -1.98. The molecule has 1 rings (SSSR count). The molecular formula is C8H5ClN2O2. The monoisotopic (exact) mass is 196 g/mol. The van der Waals surface area contributed by atoms with Gasteiger partial charge in [-0.25, -0.2) is 4.98 Å². The molecule has 66 valence electrons. The minimum atomic E-state index is -0.713. The molecule has 0 atom stereocenters. The molecule has 0 aliphatic carbocycles. The molecule has 4 nitrogen and oxygen atoms in total. The maximum Gasteiger partial charge on any atom is 0.271 e. The van der Waals surface area contributed by atoms with Crippen molar-refractivity contribution in [3.8, 4) is 11.9 Å². The van der Waals surface area contributed by atoms with Gasteiger partial charge in [0.25, 0.3) is 5.24 Å². The molecule has 0 saturated heterocycles. The quantitative estimate of drug-likeness (QED) is 0.670. The van der Waals surface area contributed by atoms with Crippen LogP contribution >= 0.6 is 11.6 Å². The highest BCUT2D eigenvalue weighted by Crippen LogP contribution is 2.12. The van der Waals surface area contributed by atoms with Crippen molar-refractivity contribution in [2.45, 2.75) is 0 Å². The van der Waals surface area contributed by atoms with Gasteiger partial charge in [-0.15, -0.1) is 0 Å². The number of methoxy groups -OCH3 is 1. The topological polar surface area (TPSA) is 63.0 Å². The number of nitriles is 1. The number of nitrogens with zero attached hydrogens (tertiary/aromatic N) is 2. The third-order valence-corrected chi connectivity index (χ3v) is 1.54. The second kappa shape index (κ2) is 3.87. The van der Waals surface area contributed by atoms with Crippen LogP contribution in [0.2, 0.25) is 0 Å². The molecule has 0 aromatic carbocycles. The van der Waals surface area contributed by atoms with E-state index in [4.69, 9.17) is 21.6 Å². The molecule has 0 bridgehead atoms. The van der Waals surface area contributed by atoms with E-state index in [1.807, 2.05) is 6.07 Å². The van der Waals surface area contributed by atoms with Crippen molar-refractivity contribution >= 4 is 16.8 Å². The smallest absolute Gasteiger partial charge is 0.271 e. The number of halogens is 1. The summed E-state index contributed by atoms with van der Waals surface area (Å²) in [5.41, 5.74) is 0.299. The number of hydrogen-bond acceptors (Lipinski definition) is 4. The van der Waals surface area contributed by atoms with Crippen LogP contribution in [0.25, 0.3) is 0 Å². The summed E-state index contributed by atoms with van der Waals surface area (Å²) >= 11 is 5.19. The van der Waals surface area contributed by atoms with Crippen LogP contribution in [-0.2, 0) is 0 Å². The van der Waals surface area contributed by atoms with Crippen LogP contribution in [0.3, 0.4) is 0 Å². The third kappa shape index (κ3) is 2.17. The Morgan fingerprint density at radius 2 is 2.38 bits per heavy atom. The van der Waals surface area contributed by atoms with Gasteiger partial charge in [0.15, 0.2) is 0 Å². The molecule has 1 heterocycles. The van der Waals surface area contributed by atoms with Gasteiger partial charge < -0.3 is 4.74 Å². The minimum absolute atomic E-state index is 0.0116. The second-order valence-electron chi connectivity index (χ2n) is 2.17. The molecule has 0 spiro atoms. The average molecular weight is 197 g/mol. The van der Waals surface area contributed by atoms with Crippen molar-refractivity contribution in [1.29, 1.82) is 5.26 Å². The fourth-order valence-corrected chi connectivity index (χ4v) is 0.872. The molecule has 0 unspecified atom stereocenters. The Labute approximate surface area is 79.7 Å². The van der Waals surface area contributed by atoms with Gasteiger partial charge in [0.05, 0.1) is 18.7 Å². The summed E-state index contributed by atoms with van der Waals surface area (Å²) in [6.45, 7) is 0. The van der Waals surface area contributed by atoms with Crippen LogP contribution < -0.4 is 4.74 Å². The van der Waals surface area contributed by atoms with Gasteiger partial charge in [0, 0.05) is 6.07 Å². The van der Waals surface area contributed by atoms with E-state index in [9.17, 15) is 4.79 Å². The summed E-state index contributed by atoms with van der Waals surface area (Å²) in [7, 11) is 1.39. The summed E-state index contributed by atoms with van der Waals surface area (Å²) in [6.07, 6.45) is 0. The van der Waals surface area contributed by atoms with E-state index in [1.165, 1.54) is 19.2 Å². The standard InChI is InChI=1S/C8H5ClN2O2/c1-13-7-3-5(4-10)2-6(11-7)8(9)12/h2-3H,1H3. The fourth-order valence-electron chi connectivity index (χ4n) is 0.775. The minimum Gasteiger partial charge on any atom is -0.481 e. The molecule has 0 aliphatic heterocycles. The average Bonchev–Trinajstić information content (AvgIpc) is 2.16. The van der Waals surface area contributed by atoms with Gasteiger partial charge in [-0.3, -0.25) is 4.79 Å². The van der Waals surface area contributed by atoms with E-state index < -0.39 is 5.24 Å². The van der Waals surface area contributed by atoms with Crippen molar-refractivity contribution in [3.63, 3.8) is 0 Å². The summed E-state index contributed by atoms with van der Waals surface area (Å²) in [5.74, 6) is 0.197. The molecule has 0 N–H and O–H groups in total. The van der Waals surface area contributed by atoms with E-state index in [1.54, 1.807) is 0 Å². The molecule has 1 aromatic heterocycles. The Bertz CT molecular complexity index is 384. The molecular weight excluding hydrogens is 192 g/mol. The first-order chi connectivity index (χ1) is 6.17. The van der Waals surface area contributed by atoms with E-state index in [0.717, 1.165) is 0 Å². The van der Waals surface area contributed by atoms with Gasteiger partial charge in [-0.05, 0) is 17.7 Å². The van der Waals surface area contributed by atoms with Crippen molar-refractivity contribution in [2.75, 3.05) is 7.11 Å². The number of carbonyl (C=O) groups is 1. The normalized spacial score (nSPS) is 9.00. The number of aromatic nitrogens is 1. The van der Waals surface area contributed by atoms with Gasteiger partial charge in [0.1, 0.15) is 5.69 Å². The highest BCUT2D eigenvalue weighted by atomic mass is 35.5. The van der Waals surface area contributed by atoms with E-state index in [2.05, 4.69) is 4.98 Å². The van der Waals surface area contributed by atoms with E-state index in [0.29, 0.717) is 0 Å². The molecule has 0 fully saturated rings. The van der Waals surface area contributed by atoms with Gasteiger partial charge in [-0.1, -0.05) is 0 Å². The Balaban J connectivity index is 3.24. The van der Waals surface area contributed by atoms with E-state index in [-0.39, 0.29) is 17.1 Å². The van der Waals surface area contributed by atoms with Crippen LogP contribution in [-0.4, -0.2) is 17.3 Å². The number of ether oxygens (including phenoxy) is 1. The SMILES string of the molecule is COc1cc(C#N)cc(C(=O)Cl)n1. The van der Waals surface area contributed by atoms with Crippen LogP contribution in [0.1, 0.15) is 16.1 Å². The first-order valence-electron chi connectivity index (χ1n) is 3.33. The highest BCUT2D eigenvalue weighted by Gasteiger charge is 2.07. The van der Waals surface area contributed by atoms with Crippen LogP contribution in [0.15, 0.2) is 12.1 Å². The van der Waals surface area contributed by atoms with Crippen molar-refractivity contribution in [1.82, 2.24) is 4.98 Å². The van der Waals surface area contributed by atoms with Crippen LogP contribution in [0.5, 0.6) is 5.88 Å². The Kier molecular flexibility index (Phi) is 2.83. The lowest BCUT2D eigenvalue weighted by molar-refractivity contribution is 0.107. The largest absolute Gasteiger partial charge is 0.481 e. The Morgan fingerprint density at radius 1 is 1.69 bits per heavy atom. The van der Waals surface area contributed by atoms with Crippen molar-refractivity contribution in [2.24, 2.45) is 0 Å². The summed E-state index contributed by atoms with van der Waals surface area (Å²) in [4.78, 5) is 14.5. The lowest BCUT2D eigenvalue weighted by Gasteiger charge is -2.00. The van der Waals surface area contributed by atoms with Crippen LogP contribution in [0, 0.1) is 11.3 Å². The van der Waals surface area contributed by atoms with Gasteiger partial charge in [0.2, 0.25) is 5.88 Å². The zero-order chi connectivity index (χ0) is 9.84. The maximum atomic E-state index is 10.7. The molecule has 0 radical (unpaired) electrons. The molecule has 13 heavy (non-hydrogen) atoms. The summed E-state index contributed by atoms with van der Waals surface area (Å²) in [6, 6.07) is 4.59. The number of carbonyl (C=O) groups excluding carboxylic acids is 1. The molecule has 1 aromatic rings. The summed E-state index contributed by atoms with van der Waals surface area (Å²) < 4.78 is 4.77. The predicted octanol–water partition coefficient (Wildman–Crippen LogP) is 1.34. The Hall–Kier alpha value is -1.60. The van der Waals surface area contributed by atoms with Gasteiger partial charge >= 0.3 is 0 Å². The maximum absolute atomic E-state index is 10.7. The van der Waals surface area contributed by atoms with Crippen LogP contribution in [0.4, 0.5) is 0 Å². The highest BCUT2D eigenvalue weighted by molar-refractivity contribution is 6.67. The first kappa shape index (κ1) is 9.49. The lowest BCUT2D eigenvalue weighted by atomic mass is 10.2. The molecule has 5 heteroatoms. The van der Waals surface area contributed by atoms with Gasteiger partial charge in [-0.2, -0.15) is 5.26 Å². The van der Waals surface area contributed by atoms with E-state index >= 15 is 0 Å². The third-order valence-electron chi connectivity index (χ3n) is 1.34. The predicted molar refractivity (Wildman–Crippen MR) is 45.7 cm³/mol. The fraction of sp³-hybridized carbons (Fsp3) is 0.125. The molecule has 0 saturated carbocycles. The van der Waals surface area contributed by atoms with Crippen molar-refractivity contribution < 1.29 is 9.53 Å². The molecule has 0 aliphatic rings. The summed E-state index contributed by atoms with van der Waals surface area (Å²) in [5, 5.41) is 7.86. The molecule has 0 amide bonds. The number of hydrogen-bond donors (Lipinski definition) is 0. The zero-order valence-electron chi connectivity index (χ0n) is 6.74. The first-order valence-corrected chi connectivity index (χ1v) is 3.71. The second-order valence-corrected chi connectivity index (χ2v) is 2.51. The number of rotatable bonds is 2.